The first-order chi connectivity index (χ1) is 9.31. The molecular weight excluding hydrogens is 242 g/mol. The van der Waals surface area contributed by atoms with Gasteiger partial charge in [0.25, 0.3) is 0 Å². The summed E-state index contributed by atoms with van der Waals surface area (Å²) in [6.45, 7) is 1.18. The Labute approximate surface area is 111 Å². The fourth-order valence-electron chi connectivity index (χ4n) is 1.90. The molecule has 0 aliphatic rings. The van der Waals surface area contributed by atoms with E-state index in [1.165, 1.54) is 0 Å². The maximum atomic E-state index is 8.87. The van der Waals surface area contributed by atoms with Crippen LogP contribution in [0.5, 0.6) is 0 Å². The molecule has 5 heteroatoms. The molecule has 1 heterocycles. The molecule has 0 saturated heterocycles. The number of oxime groups is 1. The van der Waals surface area contributed by atoms with Gasteiger partial charge in [0.05, 0.1) is 18.7 Å². The Balaban J connectivity index is 1.99. The summed E-state index contributed by atoms with van der Waals surface area (Å²) >= 11 is 0. The Morgan fingerprint density at radius 3 is 2.68 bits per heavy atom. The molecule has 2 aromatic rings. The molecule has 1 unspecified atom stereocenters. The predicted octanol–water partition coefficient (Wildman–Crippen LogP) is 1.90. The molecule has 1 aromatic heterocycles. The highest BCUT2D eigenvalue weighted by Gasteiger charge is 2.16. The predicted molar refractivity (Wildman–Crippen MR) is 73.0 cm³/mol. The van der Waals surface area contributed by atoms with Gasteiger partial charge in [0.2, 0.25) is 0 Å². The zero-order chi connectivity index (χ0) is 13.5. The van der Waals surface area contributed by atoms with Crippen molar-refractivity contribution in [2.75, 3.05) is 6.54 Å². The van der Waals surface area contributed by atoms with Gasteiger partial charge < -0.3 is 20.7 Å². The zero-order valence-electron chi connectivity index (χ0n) is 10.5. The lowest BCUT2D eigenvalue weighted by molar-refractivity contribution is 0.315. The minimum absolute atomic E-state index is 0.166. The summed E-state index contributed by atoms with van der Waals surface area (Å²) in [5, 5.41) is 15.2. The number of amidine groups is 1. The van der Waals surface area contributed by atoms with Crippen LogP contribution in [-0.2, 0) is 6.54 Å². The van der Waals surface area contributed by atoms with E-state index in [2.05, 4.69) is 10.5 Å². The van der Waals surface area contributed by atoms with Gasteiger partial charge in [-0.2, -0.15) is 0 Å². The van der Waals surface area contributed by atoms with E-state index in [0.717, 1.165) is 11.3 Å². The Kier molecular flexibility index (Phi) is 4.58. The van der Waals surface area contributed by atoms with Crippen molar-refractivity contribution in [2.45, 2.75) is 12.5 Å². The van der Waals surface area contributed by atoms with Crippen LogP contribution in [0.15, 0.2) is 58.3 Å². The quantitative estimate of drug-likeness (QED) is 0.320. The number of rotatable bonds is 6. The highest BCUT2D eigenvalue weighted by molar-refractivity contribution is 5.87. The molecule has 0 radical (unpaired) electrons. The molecule has 0 amide bonds. The first-order valence-corrected chi connectivity index (χ1v) is 6.06. The summed E-state index contributed by atoms with van der Waals surface area (Å²) in [5.41, 5.74) is 6.75. The average molecular weight is 259 g/mol. The first kappa shape index (κ1) is 13.2. The molecule has 4 N–H and O–H groups in total. The largest absolute Gasteiger partial charge is 0.468 e. The molecule has 0 aliphatic heterocycles. The third-order valence-corrected chi connectivity index (χ3v) is 2.90. The zero-order valence-corrected chi connectivity index (χ0v) is 10.5. The summed E-state index contributed by atoms with van der Waals surface area (Å²) < 4.78 is 5.23. The van der Waals surface area contributed by atoms with Crippen LogP contribution >= 0.6 is 0 Å². The fraction of sp³-hybridized carbons (Fsp3) is 0.214. The number of nitrogens with two attached hydrogens (primary N) is 1. The van der Waals surface area contributed by atoms with Crippen molar-refractivity contribution in [3.05, 3.63) is 60.1 Å². The number of nitrogens with zero attached hydrogens (tertiary/aromatic N) is 1. The van der Waals surface area contributed by atoms with Crippen LogP contribution < -0.4 is 11.1 Å². The number of benzene rings is 1. The normalized spacial score (nSPS) is 13.4. The lowest BCUT2D eigenvalue weighted by Crippen LogP contribution is -2.31. The monoisotopic (exact) mass is 259 g/mol. The summed E-state index contributed by atoms with van der Waals surface area (Å²) in [7, 11) is 0. The summed E-state index contributed by atoms with van der Waals surface area (Å²) in [6, 6.07) is 13.4. The summed E-state index contributed by atoms with van der Waals surface area (Å²) in [5.74, 6) is 0.880. The molecule has 0 saturated carbocycles. The van der Waals surface area contributed by atoms with Gasteiger partial charge in [0.15, 0.2) is 0 Å². The van der Waals surface area contributed by atoms with Crippen LogP contribution in [0.4, 0.5) is 0 Å². The number of hydrogen-bond acceptors (Lipinski definition) is 4. The fourth-order valence-corrected chi connectivity index (χ4v) is 1.90. The molecule has 100 valence electrons. The van der Waals surface area contributed by atoms with Crippen LogP contribution in [0.2, 0.25) is 0 Å². The van der Waals surface area contributed by atoms with E-state index in [-0.39, 0.29) is 11.8 Å². The second kappa shape index (κ2) is 6.61. The molecule has 2 rings (SSSR count). The Morgan fingerprint density at radius 2 is 2.05 bits per heavy atom. The standard InChI is InChI=1S/C14H17N3O2/c15-14(17-18)13(11-5-2-1-3-6-11)10-16-9-12-7-4-8-19-12/h1-8,13,16,18H,9-10H2,(H2,15,17). The van der Waals surface area contributed by atoms with E-state index in [9.17, 15) is 0 Å². The second-order valence-electron chi connectivity index (χ2n) is 4.20. The van der Waals surface area contributed by atoms with Gasteiger partial charge in [0, 0.05) is 6.54 Å². The molecule has 0 spiro atoms. The van der Waals surface area contributed by atoms with E-state index < -0.39 is 0 Å². The third kappa shape index (κ3) is 3.59. The van der Waals surface area contributed by atoms with Gasteiger partial charge in [-0.3, -0.25) is 0 Å². The summed E-state index contributed by atoms with van der Waals surface area (Å²) in [6.07, 6.45) is 1.63. The van der Waals surface area contributed by atoms with Crippen LogP contribution in [0.1, 0.15) is 17.2 Å². The van der Waals surface area contributed by atoms with E-state index in [0.29, 0.717) is 13.1 Å². The van der Waals surface area contributed by atoms with Crippen LogP contribution in [0.3, 0.4) is 0 Å². The van der Waals surface area contributed by atoms with Crippen molar-refractivity contribution in [1.82, 2.24) is 5.32 Å². The molecule has 19 heavy (non-hydrogen) atoms. The highest BCUT2D eigenvalue weighted by atomic mass is 16.4. The maximum absolute atomic E-state index is 8.87. The molecule has 0 aliphatic carbocycles. The highest BCUT2D eigenvalue weighted by Crippen LogP contribution is 2.15. The van der Waals surface area contributed by atoms with Crippen LogP contribution in [-0.4, -0.2) is 17.6 Å². The molecular formula is C14H17N3O2. The third-order valence-electron chi connectivity index (χ3n) is 2.90. The van der Waals surface area contributed by atoms with E-state index in [1.54, 1.807) is 6.26 Å². The number of hydrogen-bond donors (Lipinski definition) is 3. The smallest absolute Gasteiger partial charge is 0.147 e. The van der Waals surface area contributed by atoms with Crippen molar-refractivity contribution >= 4 is 5.84 Å². The van der Waals surface area contributed by atoms with E-state index in [4.69, 9.17) is 15.4 Å². The van der Waals surface area contributed by atoms with Gasteiger partial charge in [-0.05, 0) is 17.7 Å². The van der Waals surface area contributed by atoms with E-state index >= 15 is 0 Å². The van der Waals surface area contributed by atoms with Crippen molar-refractivity contribution in [3.63, 3.8) is 0 Å². The maximum Gasteiger partial charge on any atom is 0.147 e. The average Bonchev–Trinajstić information content (AvgIpc) is 2.97. The molecule has 5 nitrogen and oxygen atoms in total. The van der Waals surface area contributed by atoms with E-state index in [1.807, 2.05) is 42.5 Å². The van der Waals surface area contributed by atoms with Crippen LogP contribution in [0.25, 0.3) is 0 Å². The topological polar surface area (TPSA) is 83.8 Å². The Bertz CT molecular complexity index is 509. The van der Waals surface area contributed by atoms with Crippen molar-refractivity contribution in [1.29, 1.82) is 0 Å². The Morgan fingerprint density at radius 1 is 1.26 bits per heavy atom. The minimum atomic E-state index is -0.166. The Hall–Kier alpha value is -2.27. The van der Waals surface area contributed by atoms with Gasteiger partial charge in [-0.1, -0.05) is 35.5 Å². The lowest BCUT2D eigenvalue weighted by atomic mass is 9.98. The SMILES string of the molecule is NC(=NO)C(CNCc1ccco1)c1ccccc1. The van der Waals surface area contributed by atoms with Crippen molar-refractivity contribution in [3.8, 4) is 0 Å². The lowest BCUT2D eigenvalue weighted by Gasteiger charge is -2.16. The minimum Gasteiger partial charge on any atom is -0.468 e. The van der Waals surface area contributed by atoms with Gasteiger partial charge >= 0.3 is 0 Å². The van der Waals surface area contributed by atoms with Gasteiger partial charge in [0.1, 0.15) is 11.6 Å². The van der Waals surface area contributed by atoms with Crippen molar-refractivity contribution in [2.24, 2.45) is 10.9 Å². The second-order valence-corrected chi connectivity index (χ2v) is 4.20. The molecule has 1 aromatic carbocycles. The van der Waals surface area contributed by atoms with Gasteiger partial charge in [-0.15, -0.1) is 0 Å². The van der Waals surface area contributed by atoms with Crippen molar-refractivity contribution < 1.29 is 9.62 Å². The van der Waals surface area contributed by atoms with Gasteiger partial charge in [-0.25, -0.2) is 0 Å². The van der Waals surface area contributed by atoms with Crippen LogP contribution in [0, 0.1) is 0 Å². The molecule has 0 bridgehead atoms. The molecule has 1 atom stereocenters. The summed E-state index contributed by atoms with van der Waals surface area (Å²) in [4.78, 5) is 0. The number of nitrogens with one attached hydrogen (secondary N) is 1. The molecule has 0 fully saturated rings. The first-order valence-electron chi connectivity index (χ1n) is 6.06. The number of furan rings is 1.